The Bertz CT molecular complexity index is 1090. The highest BCUT2D eigenvalue weighted by Gasteiger charge is 2.39. The van der Waals surface area contributed by atoms with Crippen molar-refractivity contribution in [2.45, 2.75) is 24.9 Å². The van der Waals surface area contributed by atoms with E-state index >= 15 is 0 Å². The highest BCUT2D eigenvalue weighted by Crippen LogP contribution is 2.19. The van der Waals surface area contributed by atoms with Gasteiger partial charge < -0.3 is 25.3 Å². The number of hydrogen-bond donors (Lipinski definition) is 2. The summed E-state index contributed by atoms with van der Waals surface area (Å²) in [5.74, 6) is -1.41. The first-order valence-electron chi connectivity index (χ1n) is 11.6. The number of nitrogens with zero attached hydrogens (tertiary/aromatic N) is 5. The van der Waals surface area contributed by atoms with Gasteiger partial charge in [0.25, 0.3) is 11.8 Å². The molecule has 1 aromatic carbocycles. The minimum absolute atomic E-state index is 0.000436. The Kier molecular flexibility index (Phi) is 7.23. The molecule has 4 amide bonds. The number of carbonyl (C=O) groups excluding carboxylic acids is 4. The minimum Gasteiger partial charge on any atom is -0.378 e. The van der Waals surface area contributed by atoms with E-state index in [1.165, 1.54) is 23.5 Å². The van der Waals surface area contributed by atoms with Crippen molar-refractivity contribution in [1.82, 2.24) is 30.4 Å². The first-order chi connectivity index (χ1) is 16.8. The van der Waals surface area contributed by atoms with E-state index in [9.17, 15) is 19.2 Å². The average Bonchev–Trinajstić information content (AvgIpc) is 2.89. The van der Waals surface area contributed by atoms with E-state index in [0.29, 0.717) is 18.5 Å². The van der Waals surface area contributed by atoms with Crippen molar-refractivity contribution in [3.8, 4) is 0 Å². The third-order valence-electron chi connectivity index (χ3n) is 6.25. The lowest BCUT2D eigenvalue weighted by molar-refractivity contribution is -0.133. The van der Waals surface area contributed by atoms with Gasteiger partial charge in [0, 0.05) is 57.4 Å². The predicted octanol–water partition coefficient (Wildman–Crippen LogP) is -0.0958. The van der Waals surface area contributed by atoms with Crippen LogP contribution in [0.3, 0.4) is 0 Å². The number of hydrogen-bond acceptors (Lipinski definition) is 7. The molecule has 11 nitrogen and oxygen atoms in total. The molecule has 0 radical (unpaired) electrons. The number of aromatic nitrogens is 2. The molecule has 2 fully saturated rings. The fourth-order valence-corrected chi connectivity index (χ4v) is 4.25. The molecule has 184 valence electrons. The zero-order valence-electron chi connectivity index (χ0n) is 19.8. The number of amides is 4. The van der Waals surface area contributed by atoms with Crippen LogP contribution >= 0.6 is 0 Å². The second kappa shape index (κ2) is 10.5. The molecule has 1 aromatic heterocycles. The van der Waals surface area contributed by atoms with E-state index in [4.69, 9.17) is 0 Å². The summed E-state index contributed by atoms with van der Waals surface area (Å²) in [6.07, 6.45) is 5.48. The zero-order chi connectivity index (χ0) is 24.9. The van der Waals surface area contributed by atoms with Crippen LogP contribution < -0.4 is 15.5 Å². The Balaban J connectivity index is 1.55. The van der Waals surface area contributed by atoms with Crippen LogP contribution in [0, 0.1) is 0 Å². The van der Waals surface area contributed by atoms with Crippen LogP contribution in [0.2, 0.25) is 0 Å². The van der Waals surface area contributed by atoms with Gasteiger partial charge in [-0.2, -0.15) is 0 Å². The average molecular weight is 480 g/mol. The number of benzene rings is 1. The summed E-state index contributed by atoms with van der Waals surface area (Å²) in [6.45, 7) is 0.973. The van der Waals surface area contributed by atoms with Gasteiger partial charge in [-0.15, -0.1) is 0 Å². The lowest BCUT2D eigenvalue weighted by Crippen LogP contribution is -2.63. The third-order valence-corrected chi connectivity index (χ3v) is 6.25. The number of nitrogens with one attached hydrogen (secondary N) is 2. The maximum Gasteiger partial charge on any atom is 0.274 e. The molecule has 2 aromatic rings. The van der Waals surface area contributed by atoms with Gasteiger partial charge in [0.2, 0.25) is 11.8 Å². The topological polar surface area (TPSA) is 128 Å². The number of carbonyl (C=O) groups is 4. The Morgan fingerprint density at radius 2 is 1.86 bits per heavy atom. The van der Waals surface area contributed by atoms with Gasteiger partial charge in [0.15, 0.2) is 0 Å². The molecule has 11 heteroatoms. The summed E-state index contributed by atoms with van der Waals surface area (Å²) in [5, 5.41) is 5.51. The first-order valence-corrected chi connectivity index (χ1v) is 11.6. The van der Waals surface area contributed by atoms with Crippen molar-refractivity contribution in [2.75, 3.05) is 45.2 Å². The maximum absolute atomic E-state index is 13.3. The summed E-state index contributed by atoms with van der Waals surface area (Å²) in [5.41, 5.74) is 1.57. The minimum atomic E-state index is -0.974. The Morgan fingerprint density at radius 1 is 1.09 bits per heavy atom. The summed E-state index contributed by atoms with van der Waals surface area (Å²) < 4.78 is 0. The van der Waals surface area contributed by atoms with E-state index in [1.54, 1.807) is 17.0 Å². The molecule has 2 atom stereocenters. The molecule has 2 N–H and O–H groups in total. The van der Waals surface area contributed by atoms with Crippen molar-refractivity contribution in [1.29, 1.82) is 0 Å². The quantitative estimate of drug-likeness (QED) is 0.613. The highest BCUT2D eigenvalue weighted by atomic mass is 16.2. The molecule has 2 aliphatic heterocycles. The Hall–Kier alpha value is -4.02. The number of anilines is 1. The van der Waals surface area contributed by atoms with Crippen LogP contribution in [0.5, 0.6) is 0 Å². The largest absolute Gasteiger partial charge is 0.378 e. The third kappa shape index (κ3) is 5.39. The second-order valence-electron chi connectivity index (χ2n) is 8.79. The molecule has 0 bridgehead atoms. The first kappa shape index (κ1) is 24.1. The number of piperidine rings is 1. The fraction of sp³-hybridized carbons (Fsp3) is 0.417. The Labute approximate surface area is 203 Å². The molecule has 2 unspecified atom stereocenters. The van der Waals surface area contributed by atoms with E-state index in [2.05, 4.69) is 20.6 Å². The molecule has 35 heavy (non-hydrogen) atoms. The molecule has 2 aliphatic rings. The Morgan fingerprint density at radius 3 is 2.51 bits per heavy atom. The molecule has 2 saturated heterocycles. The van der Waals surface area contributed by atoms with E-state index in [-0.39, 0.29) is 37.1 Å². The van der Waals surface area contributed by atoms with Gasteiger partial charge in [0.1, 0.15) is 17.8 Å². The normalized spacial score (nSPS) is 20.1. The highest BCUT2D eigenvalue weighted by molar-refractivity contribution is 5.99. The van der Waals surface area contributed by atoms with E-state index in [1.807, 2.05) is 31.1 Å². The molecule has 0 saturated carbocycles. The van der Waals surface area contributed by atoms with Crippen molar-refractivity contribution in [3.63, 3.8) is 0 Å². The van der Waals surface area contributed by atoms with E-state index in [0.717, 1.165) is 12.1 Å². The van der Waals surface area contributed by atoms with Crippen LogP contribution in [-0.2, 0) is 9.59 Å². The molecular weight excluding hydrogens is 450 g/mol. The van der Waals surface area contributed by atoms with Crippen molar-refractivity contribution in [3.05, 3.63) is 54.1 Å². The fourth-order valence-electron chi connectivity index (χ4n) is 4.25. The summed E-state index contributed by atoms with van der Waals surface area (Å²) in [6, 6.07) is 5.55. The van der Waals surface area contributed by atoms with Gasteiger partial charge in [-0.1, -0.05) is 0 Å². The summed E-state index contributed by atoms with van der Waals surface area (Å²) in [7, 11) is 3.83. The van der Waals surface area contributed by atoms with Crippen LogP contribution in [-0.4, -0.2) is 95.8 Å². The molecule has 0 aliphatic carbocycles. The van der Waals surface area contributed by atoms with Gasteiger partial charge >= 0.3 is 0 Å². The maximum atomic E-state index is 13.3. The van der Waals surface area contributed by atoms with Crippen molar-refractivity contribution < 1.29 is 19.2 Å². The second-order valence-corrected chi connectivity index (χ2v) is 8.79. The SMILES string of the molecule is CN(C)c1ccc(C(=O)N2CCN(C(=O)c3cnccn3)C(C(=O)NC3CCCNC3=O)C2)cc1. The smallest absolute Gasteiger partial charge is 0.274 e. The van der Waals surface area contributed by atoms with E-state index < -0.39 is 23.9 Å². The molecule has 4 rings (SSSR count). The van der Waals surface area contributed by atoms with Crippen LogP contribution in [0.1, 0.15) is 33.7 Å². The van der Waals surface area contributed by atoms with Crippen molar-refractivity contribution in [2.24, 2.45) is 0 Å². The van der Waals surface area contributed by atoms with Gasteiger partial charge in [-0.3, -0.25) is 24.2 Å². The van der Waals surface area contributed by atoms with Gasteiger partial charge in [0.05, 0.1) is 12.7 Å². The van der Waals surface area contributed by atoms with Crippen LogP contribution in [0.4, 0.5) is 5.69 Å². The standard InChI is InChI=1S/C24H29N7O4/c1-29(2)17-7-5-16(6-8-17)23(34)30-12-13-31(24(35)19-14-25-10-11-26-19)20(15-30)22(33)28-18-4-3-9-27-21(18)32/h5-8,10-11,14,18,20H,3-4,9,12-13,15H2,1-2H3,(H,27,32)(H,28,33). The van der Waals surface area contributed by atoms with Gasteiger partial charge in [-0.05, 0) is 37.1 Å². The van der Waals surface area contributed by atoms with Crippen LogP contribution in [0.25, 0.3) is 0 Å². The van der Waals surface area contributed by atoms with Crippen molar-refractivity contribution >= 4 is 29.3 Å². The lowest BCUT2D eigenvalue weighted by Gasteiger charge is -2.41. The number of rotatable bonds is 5. The molecule has 3 heterocycles. The summed E-state index contributed by atoms with van der Waals surface area (Å²) in [4.78, 5) is 64.8. The summed E-state index contributed by atoms with van der Waals surface area (Å²) >= 11 is 0. The predicted molar refractivity (Wildman–Crippen MR) is 128 cm³/mol. The lowest BCUT2D eigenvalue weighted by atomic mass is 10.0. The zero-order valence-corrected chi connectivity index (χ0v) is 19.8. The van der Waals surface area contributed by atoms with Crippen LogP contribution in [0.15, 0.2) is 42.9 Å². The number of piperazine rings is 1. The molecule has 0 spiro atoms. The molecular formula is C24H29N7O4. The van der Waals surface area contributed by atoms with Gasteiger partial charge in [-0.25, -0.2) is 4.98 Å². The monoisotopic (exact) mass is 479 g/mol.